The van der Waals surface area contributed by atoms with Crippen molar-refractivity contribution in [1.82, 2.24) is 20.1 Å². The molecule has 4 nitrogen and oxygen atoms in total. The van der Waals surface area contributed by atoms with Crippen molar-refractivity contribution in [3.05, 3.63) is 60.0 Å². The molecule has 3 aromatic rings. The van der Waals surface area contributed by atoms with Gasteiger partial charge in [-0.3, -0.25) is 9.67 Å². The molecule has 1 aromatic carbocycles. The molecular weight excluding hydrogens is 260 g/mol. The lowest BCUT2D eigenvalue weighted by Crippen LogP contribution is -2.23. The summed E-state index contributed by atoms with van der Waals surface area (Å²) in [5.41, 5.74) is 3.30. The van der Waals surface area contributed by atoms with Crippen molar-refractivity contribution in [3.63, 3.8) is 0 Å². The molecule has 2 heterocycles. The fourth-order valence-electron chi connectivity index (χ4n) is 2.54. The van der Waals surface area contributed by atoms with Crippen LogP contribution in [0.15, 0.2) is 48.8 Å². The van der Waals surface area contributed by atoms with Crippen molar-refractivity contribution < 1.29 is 0 Å². The van der Waals surface area contributed by atoms with Crippen LogP contribution in [0.4, 0.5) is 0 Å². The third-order valence-corrected chi connectivity index (χ3v) is 3.59. The maximum absolute atomic E-state index is 4.56. The smallest absolute Gasteiger partial charge is 0.0839 e. The summed E-state index contributed by atoms with van der Waals surface area (Å²) >= 11 is 0. The van der Waals surface area contributed by atoms with Gasteiger partial charge in [0.1, 0.15) is 0 Å². The number of benzene rings is 1. The monoisotopic (exact) mass is 280 g/mol. The van der Waals surface area contributed by atoms with Crippen LogP contribution in [-0.2, 0) is 7.05 Å². The molecule has 108 valence electrons. The number of fused-ring (bicyclic) bond motifs is 1. The maximum atomic E-state index is 4.56. The van der Waals surface area contributed by atoms with Crippen molar-refractivity contribution in [2.45, 2.75) is 19.4 Å². The molecule has 0 bridgehead atoms. The van der Waals surface area contributed by atoms with Gasteiger partial charge in [-0.15, -0.1) is 0 Å². The topological polar surface area (TPSA) is 42.7 Å². The molecule has 0 aliphatic heterocycles. The molecule has 0 amide bonds. The van der Waals surface area contributed by atoms with Gasteiger partial charge in [-0.25, -0.2) is 0 Å². The van der Waals surface area contributed by atoms with E-state index >= 15 is 0 Å². The second-order valence-electron chi connectivity index (χ2n) is 5.26. The normalized spacial score (nSPS) is 12.7. The zero-order valence-corrected chi connectivity index (χ0v) is 12.5. The van der Waals surface area contributed by atoms with Gasteiger partial charge in [0.15, 0.2) is 0 Å². The van der Waals surface area contributed by atoms with E-state index < -0.39 is 0 Å². The highest BCUT2D eigenvalue weighted by atomic mass is 15.3. The van der Waals surface area contributed by atoms with E-state index in [4.69, 9.17) is 0 Å². The molecule has 21 heavy (non-hydrogen) atoms. The first-order valence-corrected chi connectivity index (χ1v) is 7.35. The average Bonchev–Trinajstić information content (AvgIpc) is 2.94. The van der Waals surface area contributed by atoms with Crippen molar-refractivity contribution >= 4 is 10.9 Å². The Morgan fingerprint density at radius 3 is 2.90 bits per heavy atom. The van der Waals surface area contributed by atoms with E-state index in [2.05, 4.69) is 52.7 Å². The molecule has 0 fully saturated rings. The number of hydrogen-bond donors (Lipinski definition) is 1. The summed E-state index contributed by atoms with van der Waals surface area (Å²) in [6, 6.07) is 12.7. The van der Waals surface area contributed by atoms with E-state index in [-0.39, 0.29) is 6.04 Å². The third-order valence-electron chi connectivity index (χ3n) is 3.59. The fraction of sp³-hybridized carbons (Fsp3) is 0.294. The first-order valence-electron chi connectivity index (χ1n) is 7.35. The summed E-state index contributed by atoms with van der Waals surface area (Å²) in [7, 11) is 1.95. The van der Waals surface area contributed by atoms with Gasteiger partial charge in [0.05, 0.1) is 17.3 Å². The Kier molecular flexibility index (Phi) is 3.97. The van der Waals surface area contributed by atoms with E-state index in [0.717, 1.165) is 29.6 Å². The summed E-state index contributed by atoms with van der Waals surface area (Å²) in [5, 5.41) is 9.30. The summed E-state index contributed by atoms with van der Waals surface area (Å²) < 4.78 is 1.85. The van der Waals surface area contributed by atoms with Gasteiger partial charge >= 0.3 is 0 Å². The zero-order chi connectivity index (χ0) is 14.7. The van der Waals surface area contributed by atoms with Crippen LogP contribution < -0.4 is 5.32 Å². The summed E-state index contributed by atoms with van der Waals surface area (Å²) in [4.78, 5) is 4.38. The van der Waals surface area contributed by atoms with Crippen LogP contribution in [0.2, 0.25) is 0 Å². The molecule has 1 N–H and O–H groups in total. The van der Waals surface area contributed by atoms with Gasteiger partial charge < -0.3 is 5.32 Å². The number of pyridine rings is 1. The van der Waals surface area contributed by atoms with Crippen LogP contribution in [0.25, 0.3) is 10.9 Å². The standard InChI is InChI=1S/C17H20N4/c1-3-9-19-17(16-8-11-21(2)20-16)14-6-7-15-13(12-14)5-4-10-18-15/h4-8,10-12,17,19H,3,9H2,1-2H3. The lowest BCUT2D eigenvalue weighted by molar-refractivity contribution is 0.576. The van der Waals surface area contributed by atoms with Crippen molar-refractivity contribution in [2.75, 3.05) is 6.54 Å². The molecule has 0 radical (unpaired) electrons. The van der Waals surface area contributed by atoms with E-state index in [1.165, 1.54) is 5.56 Å². The molecule has 0 saturated heterocycles. The molecular formula is C17H20N4. The number of nitrogens with zero attached hydrogens (tertiary/aromatic N) is 3. The largest absolute Gasteiger partial charge is 0.305 e. The van der Waals surface area contributed by atoms with Gasteiger partial charge in [0.2, 0.25) is 0 Å². The Bertz CT molecular complexity index is 732. The fourth-order valence-corrected chi connectivity index (χ4v) is 2.54. The minimum absolute atomic E-state index is 0.121. The predicted octanol–water partition coefficient (Wildman–Crippen LogP) is 3.06. The van der Waals surface area contributed by atoms with E-state index in [1.807, 2.05) is 30.2 Å². The van der Waals surface area contributed by atoms with E-state index in [9.17, 15) is 0 Å². The van der Waals surface area contributed by atoms with Crippen molar-refractivity contribution in [2.24, 2.45) is 7.05 Å². The van der Waals surface area contributed by atoms with Crippen LogP contribution in [0.1, 0.15) is 30.6 Å². The van der Waals surface area contributed by atoms with Crippen LogP contribution in [0, 0.1) is 0 Å². The number of nitrogens with one attached hydrogen (secondary N) is 1. The Labute approximate surface area is 124 Å². The average molecular weight is 280 g/mol. The first kappa shape index (κ1) is 13.8. The molecule has 4 heteroatoms. The minimum atomic E-state index is 0.121. The molecule has 0 aliphatic carbocycles. The van der Waals surface area contributed by atoms with Crippen molar-refractivity contribution in [1.29, 1.82) is 0 Å². The Morgan fingerprint density at radius 2 is 2.14 bits per heavy atom. The zero-order valence-electron chi connectivity index (χ0n) is 12.5. The lowest BCUT2D eigenvalue weighted by atomic mass is 10.0. The third kappa shape index (κ3) is 2.95. The molecule has 0 aliphatic rings. The van der Waals surface area contributed by atoms with Crippen molar-refractivity contribution in [3.8, 4) is 0 Å². The van der Waals surface area contributed by atoms with E-state index in [1.54, 1.807) is 0 Å². The highest BCUT2D eigenvalue weighted by Crippen LogP contribution is 2.23. The predicted molar refractivity (Wildman–Crippen MR) is 85.1 cm³/mol. The minimum Gasteiger partial charge on any atom is -0.305 e. The molecule has 3 rings (SSSR count). The quantitative estimate of drug-likeness (QED) is 0.781. The van der Waals surface area contributed by atoms with Crippen LogP contribution in [-0.4, -0.2) is 21.3 Å². The SMILES string of the molecule is CCCNC(c1ccc2ncccc2c1)c1ccn(C)n1. The Balaban J connectivity index is 2.00. The summed E-state index contributed by atoms with van der Waals surface area (Å²) in [6.07, 6.45) is 4.91. The van der Waals surface area contributed by atoms with Gasteiger partial charge in [0, 0.05) is 24.8 Å². The van der Waals surface area contributed by atoms with E-state index in [0.29, 0.717) is 0 Å². The highest BCUT2D eigenvalue weighted by Gasteiger charge is 2.16. The first-order chi connectivity index (χ1) is 10.3. The molecule has 0 saturated carbocycles. The van der Waals surface area contributed by atoms with Gasteiger partial charge in [-0.2, -0.15) is 5.10 Å². The van der Waals surface area contributed by atoms with Gasteiger partial charge in [-0.1, -0.05) is 19.1 Å². The molecule has 1 atom stereocenters. The molecule has 0 spiro atoms. The number of rotatable bonds is 5. The number of aryl methyl sites for hydroxylation is 1. The molecule has 2 aromatic heterocycles. The Morgan fingerprint density at radius 1 is 1.24 bits per heavy atom. The highest BCUT2D eigenvalue weighted by molar-refractivity contribution is 5.79. The number of hydrogen-bond acceptors (Lipinski definition) is 3. The summed E-state index contributed by atoms with van der Waals surface area (Å²) in [6.45, 7) is 3.14. The second kappa shape index (κ2) is 6.06. The van der Waals surface area contributed by atoms with Crippen LogP contribution in [0.3, 0.4) is 0 Å². The van der Waals surface area contributed by atoms with Gasteiger partial charge in [0.25, 0.3) is 0 Å². The Hall–Kier alpha value is -2.20. The lowest BCUT2D eigenvalue weighted by Gasteiger charge is -2.17. The molecule has 1 unspecified atom stereocenters. The van der Waals surface area contributed by atoms with Gasteiger partial charge in [-0.05, 0) is 42.8 Å². The second-order valence-corrected chi connectivity index (χ2v) is 5.26. The number of aromatic nitrogens is 3. The maximum Gasteiger partial charge on any atom is 0.0839 e. The summed E-state index contributed by atoms with van der Waals surface area (Å²) in [5.74, 6) is 0. The van der Waals surface area contributed by atoms with Crippen LogP contribution in [0.5, 0.6) is 0 Å². The van der Waals surface area contributed by atoms with Crippen LogP contribution >= 0.6 is 0 Å².